The van der Waals surface area contributed by atoms with E-state index in [9.17, 15) is 9.59 Å². The molecule has 0 radical (unpaired) electrons. The van der Waals surface area contributed by atoms with Gasteiger partial charge in [-0.15, -0.1) is 5.32 Å². The number of carbonyl (C=O) groups excluding carboxylic acids is 2. The zero-order valence-electron chi connectivity index (χ0n) is 8.61. The summed E-state index contributed by atoms with van der Waals surface area (Å²) in [7, 11) is 0. The summed E-state index contributed by atoms with van der Waals surface area (Å²) in [4.78, 5) is 25.7. The predicted molar refractivity (Wildman–Crippen MR) is 50.9 cm³/mol. The first-order valence-corrected chi connectivity index (χ1v) is 4.72. The monoisotopic (exact) mass is 210 g/mol. The van der Waals surface area contributed by atoms with Crippen molar-refractivity contribution in [3.8, 4) is 0 Å². The number of ketones is 1. The van der Waals surface area contributed by atoms with Crippen LogP contribution in [0.15, 0.2) is 4.52 Å². The lowest BCUT2D eigenvalue weighted by atomic mass is 10.1. The van der Waals surface area contributed by atoms with Gasteiger partial charge in [-0.25, -0.2) is 0 Å². The number of Topliss-reactive ketones (excluding diaryl/α,β-unsaturated/α-hetero) is 1. The molecule has 1 heterocycles. The maximum Gasteiger partial charge on any atom is 0.665 e. The van der Waals surface area contributed by atoms with Crippen LogP contribution >= 0.6 is 0 Å². The van der Waals surface area contributed by atoms with Gasteiger partial charge in [-0.3, -0.25) is 4.79 Å². The summed E-state index contributed by atoms with van der Waals surface area (Å²) in [5.74, 6) is 0.0257. The van der Waals surface area contributed by atoms with E-state index in [0.717, 1.165) is 0 Å². The molecule has 0 spiro atoms. The largest absolute Gasteiger partial charge is 0.665 e. The third kappa shape index (κ3) is 2.57. The van der Waals surface area contributed by atoms with E-state index in [1.54, 1.807) is 6.92 Å². The number of aryl methyl sites for hydroxylation is 1. The number of aromatic nitrogens is 2. The average Bonchev–Trinajstić information content (AvgIpc) is 2.73. The number of hydrogen-bond donors (Lipinski definition) is 1. The first-order chi connectivity index (χ1) is 7.22. The highest BCUT2D eigenvalue weighted by molar-refractivity contribution is 5.97. The third-order valence-electron chi connectivity index (χ3n) is 1.95. The van der Waals surface area contributed by atoms with E-state index in [4.69, 9.17) is 4.52 Å². The van der Waals surface area contributed by atoms with E-state index in [1.165, 1.54) is 6.41 Å². The van der Waals surface area contributed by atoms with E-state index in [1.807, 2.05) is 6.92 Å². The molecule has 1 amide bonds. The van der Waals surface area contributed by atoms with Crippen molar-refractivity contribution in [2.24, 2.45) is 0 Å². The van der Waals surface area contributed by atoms with Crippen molar-refractivity contribution >= 4 is 12.2 Å². The lowest BCUT2D eigenvalue weighted by Gasteiger charge is -2.01. The standard InChI is InChI=1S/C9H12N3O3/c1-3-6(10-5-13)8(14)9-11-7(4-2)12-15-9/h6H,3-4H2,1-2H3,(H,10,13)/q+1/t6-/m0/s1. The van der Waals surface area contributed by atoms with Crippen molar-refractivity contribution in [2.75, 3.05) is 0 Å². The molecule has 0 saturated heterocycles. The second kappa shape index (κ2) is 5.17. The molecule has 1 rings (SSSR count). The molecule has 0 aliphatic heterocycles. The normalized spacial score (nSPS) is 11.9. The maximum atomic E-state index is 11.7. The van der Waals surface area contributed by atoms with Crippen LogP contribution in [0.1, 0.15) is 36.8 Å². The molecule has 1 atom stereocenters. The molecule has 0 aliphatic carbocycles. The Bertz CT molecular complexity index is 348. The maximum absolute atomic E-state index is 11.7. The molecule has 80 valence electrons. The van der Waals surface area contributed by atoms with Crippen molar-refractivity contribution < 1.29 is 14.1 Å². The summed E-state index contributed by atoms with van der Waals surface area (Å²) >= 11 is 0. The van der Waals surface area contributed by atoms with Crippen molar-refractivity contribution in [2.45, 2.75) is 32.7 Å². The number of hydrogen-bond acceptors (Lipinski definition) is 5. The van der Waals surface area contributed by atoms with Crippen LogP contribution in [-0.4, -0.2) is 28.4 Å². The third-order valence-corrected chi connectivity index (χ3v) is 1.95. The van der Waals surface area contributed by atoms with Gasteiger partial charge in [0.15, 0.2) is 5.82 Å². The molecule has 0 saturated carbocycles. The van der Waals surface area contributed by atoms with Crippen LogP contribution in [0.5, 0.6) is 0 Å². The molecular formula is C9H12N3O3+. The Balaban J connectivity index is 2.77. The lowest BCUT2D eigenvalue weighted by Crippen LogP contribution is -2.35. The van der Waals surface area contributed by atoms with Crippen LogP contribution in [0.25, 0.3) is 0 Å². The summed E-state index contributed by atoms with van der Waals surface area (Å²) in [6.45, 7) is 3.62. The van der Waals surface area contributed by atoms with E-state index >= 15 is 0 Å². The minimum Gasteiger partial charge on any atom is -0.331 e. The summed E-state index contributed by atoms with van der Waals surface area (Å²) in [6, 6.07) is -0.646. The Kier molecular flexibility index (Phi) is 3.88. The highest BCUT2D eigenvalue weighted by Gasteiger charge is 2.27. The lowest BCUT2D eigenvalue weighted by molar-refractivity contribution is 0.0906. The Morgan fingerprint density at radius 3 is 2.80 bits per heavy atom. The smallest absolute Gasteiger partial charge is 0.331 e. The zero-order valence-corrected chi connectivity index (χ0v) is 8.61. The average molecular weight is 210 g/mol. The first kappa shape index (κ1) is 11.3. The highest BCUT2D eigenvalue weighted by atomic mass is 16.5. The molecule has 0 bridgehead atoms. The van der Waals surface area contributed by atoms with E-state index in [0.29, 0.717) is 18.7 Å². The van der Waals surface area contributed by atoms with Gasteiger partial charge in [-0.05, 0) is 6.42 Å². The van der Waals surface area contributed by atoms with E-state index < -0.39 is 6.04 Å². The molecule has 1 N–H and O–H groups in total. The van der Waals surface area contributed by atoms with Crippen LogP contribution in [0.4, 0.5) is 0 Å². The van der Waals surface area contributed by atoms with Crippen LogP contribution in [-0.2, 0) is 11.2 Å². The molecule has 0 unspecified atom stereocenters. The summed E-state index contributed by atoms with van der Waals surface area (Å²) in [5, 5.41) is 5.87. The molecule has 0 aromatic carbocycles. The summed E-state index contributed by atoms with van der Waals surface area (Å²) in [6.07, 6.45) is 2.53. The zero-order chi connectivity index (χ0) is 11.3. The molecule has 0 fully saturated rings. The fourth-order valence-electron chi connectivity index (χ4n) is 1.07. The fraction of sp³-hybridized carbons (Fsp3) is 0.556. The second-order valence-corrected chi connectivity index (χ2v) is 2.94. The second-order valence-electron chi connectivity index (χ2n) is 2.94. The molecule has 0 aliphatic rings. The Morgan fingerprint density at radius 1 is 1.60 bits per heavy atom. The SMILES string of the molecule is CCc1noc(C(=O)[C@H](CC)N[C+]=O)n1. The van der Waals surface area contributed by atoms with Crippen molar-refractivity contribution in [1.29, 1.82) is 0 Å². The van der Waals surface area contributed by atoms with Crippen molar-refractivity contribution in [3.05, 3.63) is 11.7 Å². The highest BCUT2D eigenvalue weighted by Crippen LogP contribution is 2.04. The fourth-order valence-corrected chi connectivity index (χ4v) is 1.07. The Hall–Kier alpha value is -1.81. The predicted octanol–water partition coefficient (Wildman–Crippen LogP) is 0.250. The topological polar surface area (TPSA) is 85.1 Å². The van der Waals surface area contributed by atoms with Gasteiger partial charge in [0, 0.05) is 6.42 Å². The molecule has 6 nitrogen and oxygen atoms in total. The van der Waals surface area contributed by atoms with Crippen molar-refractivity contribution in [3.63, 3.8) is 0 Å². The van der Waals surface area contributed by atoms with Gasteiger partial charge < -0.3 is 4.52 Å². The van der Waals surface area contributed by atoms with Crippen LogP contribution < -0.4 is 5.32 Å². The quantitative estimate of drug-likeness (QED) is 0.413. The number of rotatable bonds is 6. The van der Waals surface area contributed by atoms with Gasteiger partial charge >= 0.3 is 6.41 Å². The Labute approximate surface area is 87.0 Å². The first-order valence-electron chi connectivity index (χ1n) is 4.72. The summed E-state index contributed by atoms with van der Waals surface area (Å²) in [5.41, 5.74) is 0. The molecule has 15 heavy (non-hydrogen) atoms. The van der Waals surface area contributed by atoms with Gasteiger partial charge in [0.2, 0.25) is 5.78 Å². The van der Waals surface area contributed by atoms with E-state index in [-0.39, 0.29) is 11.7 Å². The molecule has 1 aromatic heterocycles. The van der Waals surface area contributed by atoms with Gasteiger partial charge in [0.05, 0.1) is 4.79 Å². The van der Waals surface area contributed by atoms with Crippen LogP contribution in [0.3, 0.4) is 0 Å². The van der Waals surface area contributed by atoms with Gasteiger partial charge in [0.25, 0.3) is 5.89 Å². The minimum atomic E-state index is -0.646. The van der Waals surface area contributed by atoms with Crippen LogP contribution in [0, 0.1) is 0 Å². The van der Waals surface area contributed by atoms with Crippen LogP contribution in [0.2, 0.25) is 0 Å². The summed E-state index contributed by atoms with van der Waals surface area (Å²) < 4.78 is 4.77. The number of nitrogens with zero attached hydrogens (tertiary/aromatic N) is 2. The Morgan fingerprint density at radius 2 is 2.33 bits per heavy atom. The number of amides is 1. The van der Waals surface area contributed by atoms with Crippen molar-refractivity contribution in [1.82, 2.24) is 15.5 Å². The van der Waals surface area contributed by atoms with Gasteiger partial charge in [-0.1, -0.05) is 19.0 Å². The number of nitrogens with one attached hydrogen (secondary N) is 1. The molecular weight excluding hydrogens is 198 g/mol. The molecule has 1 aromatic rings. The molecule has 6 heteroatoms. The minimum absolute atomic E-state index is 0.0681. The van der Waals surface area contributed by atoms with E-state index in [2.05, 4.69) is 15.5 Å². The van der Waals surface area contributed by atoms with Gasteiger partial charge in [-0.2, -0.15) is 4.98 Å². The van der Waals surface area contributed by atoms with Gasteiger partial charge in [0.1, 0.15) is 6.04 Å². The number of carbonyl (C=O) groups is 1.